The van der Waals surface area contributed by atoms with E-state index in [-0.39, 0.29) is 17.5 Å². The third-order valence-electron chi connectivity index (χ3n) is 3.53. The molecular formula is C14H21N3O3S2. The van der Waals surface area contributed by atoms with Crippen LogP contribution in [0.25, 0.3) is 0 Å². The smallest absolute Gasteiger partial charge is 0.244 e. The summed E-state index contributed by atoms with van der Waals surface area (Å²) in [5.41, 5.74) is 1.11. The van der Waals surface area contributed by atoms with Crippen molar-refractivity contribution in [3.05, 3.63) is 33.3 Å². The zero-order valence-electron chi connectivity index (χ0n) is 13.4. The van der Waals surface area contributed by atoms with Crippen LogP contribution in [0.15, 0.2) is 17.0 Å². The highest BCUT2D eigenvalue weighted by Gasteiger charge is 2.25. The van der Waals surface area contributed by atoms with Crippen LogP contribution in [0.3, 0.4) is 0 Å². The second kappa shape index (κ2) is 6.49. The van der Waals surface area contributed by atoms with Crippen LogP contribution in [0.5, 0.6) is 0 Å². The number of methoxy groups -OCH3 is 1. The Morgan fingerprint density at radius 2 is 2.05 bits per heavy atom. The maximum absolute atomic E-state index is 12.5. The fraction of sp³-hybridized carbons (Fsp3) is 0.500. The summed E-state index contributed by atoms with van der Waals surface area (Å²) in [6.45, 7) is 5.63. The van der Waals surface area contributed by atoms with E-state index in [9.17, 15) is 8.42 Å². The zero-order chi connectivity index (χ0) is 16.5. The maximum atomic E-state index is 12.5. The van der Waals surface area contributed by atoms with E-state index in [1.165, 1.54) is 4.88 Å². The summed E-state index contributed by atoms with van der Waals surface area (Å²) in [6.07, 6.45) is -0.300. The summed E-state index contributed by atoms with van der Waals surface area (Å²) >= 11 is 1.60. The first-order chi connectivity index (χ1) is 10.3. The van der Waals surface area contributed by atoms with Crippen molar-refractivity contribution in [2.24, 2.45) is 7.05 Å². The predicted molar refractivity (Wildman–Crippen MR) is 86.7 cm³/mol. The number of thiophene rings is 1. The summed E-state index contributed by atoms with van der Waals surface area (Å²) in [7, 11) is -0.308. The molecule has 0 radical (unpaired) electrons. The highest BCUT2D eigenvalue weighted by Crippen LogP contribution is 2.25. The van der Waals surface area contributed by atoms with Crippen molar-refractivity contribution in [3.8, 4) is 0 Å². The minimum atomic E-state index is -3.62. The molecule has 0 bridgehead atoms. The molecule has 0 aliphatic heterocycles. The van der Waals surface area contributed by atoms with Gasteiger partial charge in [0.15, 0.2) is 0 Å². The quantitative estimate of drug-likeness (QED) is 0.871. The summed E-state index contributed by atoms with van der Waals surface area (Å²) in [4.78, 5) is 2.41. The van der Waals surface area contributed by atoms with E-state index in [0.717, 1.165) is 4.88 Å². The van der Waals surface area contributed by atoms with Crippen LogP contribution in [0.4, 0.5) is 0 Å². The Kier molecular flexibility index (Phi) is 5.06. The van der Waals surface area contributed by atoms with Gasteiger partial charge >= 0.3 is 0 Å². The van der Waals surface area contributed by atoms with Crippen molar-refractivity contribution in [2.75, 3.05) is 13.7 Å². The van der Waals surface area contributed by atoms with Crippen LogP contribution < -0.4 is 4.72 Å². The number of ether oxygens (including phenoxy) is 1. The van der Waals surface area contributed by atoms with Gasteiger partial charge in [0.2, 0.25) is 10.0 Å². The van der Waals surface area contributed by atoms with Crippen LogP contribution in [0, 0.1) is 20.8 Å². The molecule has 1 N–H and O–H groups in total. The second-order valence-electron chi connectivity index (χ2n) is 5.15. The van der Waals surface area contributed by atoms with Gasteiger partial charge in [-0.15, -0.1) is 11.3 Å². The third-order valence-corrected chi connectivity index (χ3v) is 6.30. The summed E-state index contributed by atoms with van der Waals surface area (Å²) < 4.78 is 34.7. The summed E-state index contributed by atoms with van der Waals surface area (Å²) in [5, 5.41) is 4.15. The van der Waals surface area contributed by atoms with Crippen molar-refractivity contribution in [2.45, 2.75) is 31.8 Å². The van der Waals surface area contributed by atoms with Crippen molar-refractivity contribution >= 4 is 21.4 Å². The van der Waals surface area contributed by atoms with Crippen LogP contribution in [0.2, 0.25) is 0 Å². The van der Waals surface area contributed by atoms with Gasteiger partial charge in [-0.2, -0.15) is 5.10 Å². The van der Waals surface area contributed by atoms with E-state index >= 15 is 0 Å². The molecule has 0 saturated heterocycles. The number of sulfonamides is 1. The van der Waals surface area contributed by atoms with Gasteiger partial charge in [-0.05, 0) is 32.9 Å². The lowest BCUT2D eigenvalue weighted by molar-refractivity contribution is 0.110. The zero-order valence-corrected chi connectivity index (χ0v) is 15.0. The molecule has 2 rings (SSSR count). The maximum Gasteiger partial charge on any atom is 0.244 e. The molecule has 0 spiro atoms. The number of aromatic nitrogens is 2. The van der Waals surface area contributed by atoms with Crippen molar-refractivity contribution in [1.82, 2.24) is 14.5 Å². The number of hydrogen-bond acceptors (Lipinski definition) is 5. The Morgan fingerprint density at radius 3 is 2.50 bits per heavy atom. The number of nitrogens with one attached hydrogen (secondary N) is 1. The molecule has 22 heavy (non-hydrogen) atoms. The standard InChI is InChI=1S/C14H21N3O3S2/c1-9-6-7-13(21-9)12(20-5)8-15-22(18,19)14-10(2)16-17(4)11(14)3/h6-7,12,15H,8H2,1-5H3. The number of nitrogens with zero attached hydrogens (tertiary/aromatic N) is 2. The molecule has 0 amide bonds. The lowest BCUT2D eigenvalue weighted by Gasteiger charge is -2.15. The molecule has 6 nitrogen and oxygen atoms in total. The molecule has 0 aliphatic carbocycles. The van der Waals surface area contributed by atoms with Gasteiger partial charge in [0.25, 0.3) is 0 Å². The van der Waals surface area contributed by atoms with Gasteiger partial charge in [-0.1, -0.05) is 0 Å². The molecule has 2 aromatic rings. The minimum Gasteiger partial charge on any atom is -0.375 e. The fourth-order valence-corrected chi connectivity index (χ4v) is 4.75. The Hall–Kier alpha value is -1.22. The van der Waals surface area contributed by atoms with E-state index in [1.807, 2.05) is 19.1 Å². The Bertz CT molecular complexity index is 762. The van der Waals surface area contributed by atoms with E-state index in [1.54, 1.807) is 44.0 Å². The Morgan fingerprint density at radius 1 is 1.36 bits per heavy atom. The van der Waals surface area contributed by atoms with Crippen LogP contribution >= 0.6 is 11.3 Å². The topological polar surface area (TPSA) is 73.2 Å². The molecular weight excluding hydrogens is 322 g/mol. The first-order valence-electron chi connectivity index (χ1n) is 6.85. The average Bonchev–Trinajstić information content (AvgIpc) is 2.95. The van der Waals surface area contributed by atoms with Gasteiger partial charge in [0.05, 0.1) is 11.4 Å². The third kappa shape index (κ3) is 3.40. The van der Waals surface area contributed by atoms with E-state index in [4.69, 9.17) is 4.74 Å². The summed E-state index contributed by atoms with van der Waals surface area (Å²) in [6, 6.07) is 3.96. The van der Waals surface area contributed by atoms with Gasteiger partial charge < -0.3 is 4.74 Å². The molecule has 1 unspecified atom stereocenters. The first kappa shape index (κ1) is 17.1. The molecule has 122 valence electrons. The average molecular weight is 343 g/mol. The Labute approximate surface area is 135 Å². The lowest BCUT2D eigenvalue weighted by Crippen LogP contribution is -2.29. The highest BCUT2D eigenvalue weighted by molar-refractivity contribution is 7.89. The first-order valence-corrected chi connectivity index (χ1v) is 9.15. The van der Waals surface area contributed by atoms with E-state index < -0.39 is 10.0 Å². The van der Waals surface area contributed by atoms with Crippen molar-refractivity contribution < 1.29 is 13.2 Å². The molecule has 0 aromatic carbocycles. The number of rotatable bonds is 6. The van der Waals surface area contributed by atoms with E-state index in [2.05, 4.69) is 9.82 Å². The predicted octanol–water partition coefficient (Wildman–Crippen LogP) is 2.07. The number of hydrogen-bond donors (Lipinski definition) is 1. The largest absolute Gasteiger partial charge is 0.375 e. The van der Waals surface area contributed by atoms with Gasteiger partial charge in [0.1, 0.15) is 11.0 Å². The van der Waals surface area contributed by atoms with Crippen LogP contribution in [-0.2, 0) is 21.8 Å². The monoisotopic (exact) mass is 343 g/mol. The van der Waals surface area contributed by atoms with Gasteiger partial charge in [0, 0.05) is 30.5 Å². The van der Waals surface area contributed by atoms with Crippen molar-refractivity contribution in [1.29, 1.82) is 0 Å². The van der Waals surface area contributed by atoms with Crippen LogP contribution in [-0.4, -0.2) is 31.9 Å². The van der Waals surface area contributed by atoms with Crippen LogP contribution in [0.1, 0.15) is 27.2 Å². The SMILES string of the molecule is COC(CNS(=O)(=O)c1c(C)nn(C)c1C)c1ccc(C)s1. The van der Waals surface area contributed by atoms with Gasteiger partial charge in [-0.25, -0.2) is 13.1 Å². The molecule has 0 fully saturated rings. The molecule has 2 heterocycles. The fourth-order valence-electron chi connectivity index (χ4n) is 2.33. The molecule has 0 saturated carbocycles. The molecule has 1 atom stereocenters. The number of aryl methyl sites for hydroxylation is 3. The highest BCUT2D eigenvalue weighted by atomic mass is 32.2. The molecule has 2 aromatic heterocycles. The van der Waals surface area contributed by atoms with Gasteiger partial charge in [-0.3, -0.25) is 4.68 Å². The lowest BCUT2D eigenvalue weighted by atomic mass is 10.3. The van der Waals surface area contributed by atoms with Crippen molar-refractivity contribution in [3.63, 3.8) is 0 Å². The molecule has 8 heteroatoms. The van der Waals surface area contributed by atoms with E-state index in [0.29, 0.717) is 11.4 Å². The normalized spacial score (nSPS) is 13.5. The second-order valence-corrected chi connectivity index (χ2v) is 8.17. The Balaban J connectivity index is 2.18. The minimum absolute atomic E-state index is 0.187. The molecule has 0 aliphatic rings. The summed E-state index contributed by atoms with van der Waals surface area (Å²) in [5.74, 6) is 0.